The standard InChI is InChI=1S/C48H37N3/c1-49-47(38-20-12-18-35(28-38)34-16-6-3-7-17-34)44-31-39-29-37(26-27-41(39)48(44)50-32-33-14-4-2-5-15-33)36-19-13-21-40(30-36)51-45-24-10-8-22-42(45)43-23-9-11-25-46(43)51/h2-27,29-30,35H,1,28,31-32H2/b47-44-,50-48?. The first kappa shape index (κ1) is 30.7. The molecule has 2 aliphatic rings. The second-order valence-corrected chi connectivity index (χ2v) is 13.4. The van der Waals surface area contributed by atoms with Gasteiger partial charge in [0.25, 0.3) is 0 Å². The summed E-state index contributed by atoms with van der Waals surface area (Å²) in [5.41, 5.74) is 15.2. The predicted molar refractivity (Wildman–Crippen MR) is 214 cm³/mol. The molecule has 6 aromatic carbocycles. The minimum absolute atomic E-state index is 0.297. The minimum Gasteiger partial charge on any atom is -0.309 e. The number of fused-ring (bicyclic) bond motifs is 4. The van der Waals surface area contributed by atoms with Crippen molar-refractivity contribution in [3.05, 3.63) is 209 Å². The number of hydrogen-bond donors (Lipinski definition) is 0. The van der Waals surface area contributed by atoms with Crippen molar-refractivity contribution in [3.8, 4) is 16.8 Å². The van der Waals surface area contributed by atoms with E-state index in [4.69, 9.17) is 9.98 Å². The predicted octanol–water partition coefficient (Wildman–Crippen LogP) is 11.6. The number of nitrogens with zero attached hydrogens (tertiary/aromatic N) is 3. The summed E-state index contributed by atoms with van der Waals surface area (Å²) in [6.45, 7) is 4.72. The van der Waals surface area contributed by atoms with E-state index in [2.05, 4.69) is 181 Å². The molecule has 0 saturated carbocycles. The van der Waals surface area contributed by atoms with Crippen LogP contribution in [0.5, 0.6) is 0 Å². The van der Waals surface area contributed by atoms with E-state index in [0.717, 1.165) is 35.5 Å². The Morgan fingerprint density at radius 3 is 2.12 bits per heavy atom. The van der Waals surface area contributed by atoms with Crippen molar-refractivity contribution in [2.45, 2.75) is 25.3 Å². The fraction of sp³-hybridized carbons (Fsp3) is 0.0833. The minimum atomic E-state index is 0.297. The maximum atomic E-state index is 5.29. The molecule has 0 saturated heterocycles. The maximum absolute atomic E-state index is 5.29. The monoisotopic (exact) mass is 655 g/mol. The van der Waals surface area contributed by atoms with Gasteiger partial charge in [-0.15, -0.1) is 0 Å². The van der Waals surface area contributed by atoms with E-state index in [1.807, 2.05) is 0 Å². The van der Waals surface area contributed by atoms with E-state index in [9.17, 15) is 0 Å². The molecule has 244 valence electrons. The second-order valence-electron chi connectivity index (χ2n) is 13.4. The highest BCUT2D eigenvalue weighted by atomic mass is 15.0. The van der Waals surface area contributed by atoms with Gasteiger partial charge in [-0.1, -0.05) is 146 Å². The quantitative estimate of drug-likeness (QED) is 0.153. The van der Waals surface area contributed by atoms with Crippen molar-refractivity contribution in [3.63, 3.8) is 0 Å². The number of rotatable bonds is 7. The number of allylic oxidation sites excluding steroid dienone is 5. The van der Waals surface area contributed by atoms with Crippen LogP contribution < -0.4 is 0 Å². The van der Waals surface area contributed by atoms with Gasteiger partial charge in [-0.25, -0.2) is 0 Å². The van der Waals surface area contributed by atoms with Crippen molar-refractivity contribution < 1.29 is 0 Å². The Morgan fingerprint density at radius 1 is 0.686 bits per heavy atom. The molecular weight excluding hydrogens is 619 g/mol. The summed E-state index contributed by atoms with van der Waals surface area (Å²) in [4.78, 5) is 10.0. The van der Waals surface area contributed by atoms with Crippen molar-refractivity contribution in [2.24, 2.45) is 9.98 Å². The fourth-order valence-electron chi connectivity index (χ4n) is 7.92. The van der Waals surface area contributed by atoms with Crippen LogP contribution in [0.2, 0.25) is 0 Å². The zero-order valence-electron chi connectivity index (χ0n) is 28.4. The molecule has 1 atom stereocenters. The summed E-state index contributed by atoms with van der Waals surface area (Å²) in [6, 6.07) is 54.3. The average Bonchev–Trinajstić information content (AvgIpc) is 3.73. The number of hydrogen-bond acceptors (Lipinski definition) is 2. The lowest BCUT2D eigenvalue weighted by molar-refractivity contribution is 0.814. The van der Waals surface area contributed by atoms with Gasteiger partial charge in [-0.05, 0) is 70.8 Å². The van der Waals surface area contributed by atoms with Crippen molar-refractivity contribution in [1.29, 1.82) is 0 Å². The number of aliphatic imine (C=N–C) groups is 2. The highest BCUT2D eigenvalue weighted by Gasteiger charge is 2.28. The third-order valence-electron chi connectivity index (χ3n) is 10.4. The molecule has 7 aromatic rings. The first-order valence-corrected chi connectivity index (χ1v) is 17.7. The summed E-state index contributed by atoms with van der Waals surface area (Å²) in [6.07, 6.45) is 8.31. The first-order valence-electron chi connectivity index (χ1n) is 17.7. The van der Waals surface area contributed by atoms with Crippen LogP contribution >= 0.6 is 0 Å². The van der Waals surface area contributed by atoms with Gasteiger partial charge in [0, 0.05) is 39.9 Å². The van der Waals surface area contributed by atoms with Crippen LogP contribution in [0.4, 0.5) is 0 Å². The highest BCUT2D eigenvalue weighted by molar-refractivity contribution is 6.18. The van der Waals surface area contributed by atoms with Crippen LogP contribution in [-0.2, 0) is 13.0 Å². The Bertz CT molecular complexity index is 2510. The Morgan fingerprint density at radius 2 is 1.37 bits per heavy atom. The molecule has 0 amide bonds. The Balaban J connectivity index is 1.12. The van der Waals surface area contributed by atoms with Gasteiger partial charge >= 0.3 is 0 Å². The summed E-state index contributed by atoms with van der Waals surface area (Å²) in [5, 5.41) is 2.53. The third-order valence-corrected chi connectivity index (χ3v) is 10.4. The summed E-state index contributed by atoms with van der Waals surface area (Å²) < 4.78 is 2.38. The van der Waals surface area contributed by atoms with Gasteiger partial charge in [-0.2, -0.15) is 0 Å². The molecule has 1 aromatic heterocycles. The zero-order valence-corrected chi connectivity index (χ0v) is 28.4. The van der Waals surface area contributed by atoms with Crippen LogP contribution in [-0.4, -0.2) is 17.0 Å². The van der Waals surface area contributed by atoms with Gasteiger partial charge < -0.3 is 4.57 Å². The molecule has 0 N–H and O–H groups in total. The van der Waals surface area contributed by atoms with E-state index in [0.29, 0.717) is 12.5 Å². The molecule has 1 heterocycles. The Kier molecular flexibility index (Phi) is 7.94. The molecule has 0 spiro atoms. The maximum Gasteiger partial charge on any atom is 0.0711 e. The largest absolute Gasteiger partial charge is 0.309 e. The number of para-hydroxylation sites is 2. The lowest BCUT2D eigenvalue weighted by atomic mass is 9.86. The van der Waals surface area contributed by atoms with Crippen molar-refractivity contribution in [1.82, 2.24) is 4.57 Å². The fourth-order valence-corrected chi connectivity index (χ4v) is 7.92. The molecule has 3 heteroatoms. The van der Waals surface area contributed by atoms with Crippen LogP contribution in [0, 0.1) is 0 Å². The summed E-state index contributed by atoms with van der Waals surface area (Å²) in [5.74, 6) is 0.297. The number of benzene rings is 6. The second kappa shape index (κ2) is 13.2. The normalized spacial score (nSPS) is 17.1. The molecule has 0 bridgehead atoms. The highest BCUT2D eigenvalue weighted by Crippen LogP contribution is 2.39. The van der Waals surface area contributed by atoms with E-state index < -0.39 is 0 Å². The third kappa shape index (κ3) is 5.67. The molecule has 1 unspecified atom stereocenters. The SMILES string of the molecule is C=N/C(C1=CC=CC(c2ccccc2)C1)=C1/Cc2cc(-c3cccc(-n4c5ccccc5c5ccccc54)c3)ccc2C1=NCc1ccccc1. The first-order chi connectivity index (χ1) is 25.2. The average molecular weight is 656 g/mol. The topological polar surface area (TPSA) is 29.6 Å². The van der Waals surface area contributed by atoms with Crippen LogP contribution in [0.1, 0.15) is 34.6 Å². The molecule has 2 aliphatic carbocycles. The van der Waals surface area contributed by atoms with E-state index >= 15 is 0 Å². The van der Waals surface area contributed by atoms with Gasteiger partial charge in [0.05, 0.1) is 29.0 Å². The van der Waals surface area contributed by atoms with Crippen LogP contribution in [0.25, 0.3) is 38.6 Å². The smallest absolute Gasteiger partial charge is 0.0711 e. The lowest BCUT2D eigenvalue weighted by Gasteiger charge is -2.20. The molecule has 51 heavy (non-hydrogen) atoms. The number of aromatic nitrogens is 1. The van der Waals surface area contributed by atoms with Crippen molar-refractivity contribution >= 4 is 34.2 Å². The van der Waals surface area contributed by atoms with Gasteiger partial charge in [0.1, 0.15) is 0 Å². The van der Waals surface area contributed by atoms with E-state index in [-0.39, 0.29) is 0 Å². The van der Waals surface area contributed by atoms with Gasteiger partial charge in [0.15, 0.2) is 0 Å². The molecule has 0 fully saturated rings. The van der Waals surface area contributed by atoms with Gasteiger partial charge in [0.2, 0.25) is 0 Å². The Hall–Kier alpha value is -6.32. The molecule has 0 aliphatic heterocycles. The van der Waals surface area contributed by atoms with Crippen molar-refractivity contribution in [2.75, 3.05) is 0 Å². The van der Waals surface area contributed by atoms with E-state index in [1.54, 1.807) is 0 Å². The summed E-state index contributed by atoms with van der Waals surface area (Å²) in [7, 11) is 0. The zero-order chi connectivity index (χ0) is 34.1. The molecule has 0 radical (unpaired) electrons. The van der Waals surface area contributed by atoms with Gasteiger partial charge in [-0.3, -0.25) is 9.98 Å². The molecular formula is C48H37N3. The summed E-state index contributed by atoms with van der Waals surface area (Å²) >= 11 is 0. The molecule has 9 rings (SSSR count). The Labute approximate surface area is 299 Å². The molecule has 3 nitrogen and oxygen atoms in total. The van der Waals surface area contributed by atoms with Crippen LogP contribution in [0.15, 0.2) is 197 Å². The van der Waals surface area contributed by atoms with E-state index in [1.165, 1.54) is 60.8 Å². The lowest BCUT2D eigenvalue weighted by Crippen LogP contribution is -2.08. The van der Waals surface area contributed by atoms with Crippen LogP contribution in [0.3, 0.4) is 0 Å².